The summed E-state index contributed by atoms with van der Waals surface area (Å²) >= 11 is 5.20. The average Bonchev–Trinajstić information content (AvgIpc) is 3.69. The fourth-order valence-corrected chi connectivity index (χ4v) is 7.86. The van der Waals surface area contributed by atoms with Crippen molar-refractivity contribution in [1.29, 1.82) is 0 Å². The molecule has 7 rings (SSSR count). The van der Waals surface area contributed by atoms with E-state index in [4.69, 9.17) is 46.3 Å². The van der Waals surface area contributed by atoms with E-state index in [0.717, 1.165) is 0 Å². The summed E-state index contributed by atoms with van der Waals surface area (Å²) in [7, 11) is -0.417. The maximum Gasteiger partial charge on any atom is 0.325 e. The van der Waals surface area contributed by atoms with Gasteiger partial charge in [-0.05, 0) is 24.0 Å². The quantitative estimate of drug-likeness (QED) is 0.224. The molecule has 2 bridgehead atoms. The lowest BCUT2D eigenvalue weighted by molar-refractivity contribution is -0.109. The highest BCUT2D eigenvalue weighted by Crippen LogP contribution is 2.53. The molecule has 3 unspecified atom stereocenters. The molecule has 21 heteroatoms. The summed E-state index contributed by atoms with van der Waals surface area (Å²) in [5.74, 6) is -0.757. The summed E-state index contributed by atoms with van der Waals surface area (Å²) in [5, 5.41) is 0.532. The molecule has 6 N–H and O–H groups in total. The van der Waals surface area contributed by atoms with E-state index in [1.165, 1.54) is 21.8 Å². The molecule has 4 aromatic rings. The van der Waals surface area contributed by atoms with E-state index in [1.807, 2.05) is 0 Å². The number of hydrogen-bond donors (Lipinski definition) is 4. The molecule has 3 saturated heterocycles. The SMILES string of the molecule is Nc1nc2c(ncn2[C@@H]2OC3OPC[C@H]4[C@H](F)[C@H](n5ccc6c(N)ncnc65)O[C@@H]4COP(O)(=S)O[C@@H]2[C@@H]3F)c(=O)[nH]1. The first-order valence-electron chi connectivity index (χ1n) is 12.5. The fourth-order valence-electron chi connectivity index (χ4n) is 5.33. The van der Waals surface area contributed by atoms with Gasteiger partial charge in [0.25, 0.3) is 5.56 Å². The van der Waals surface area contributed by atoms with E-state index < -0.39 is 70.3 Å². The third-order valence-corrected chi connectivity index (χ3v) is 9.91. The second-order valence-corrected chi connectivity index (χ2v) is 13.5. The lowest BCUT2D eigenvalue weighted by Crippen LogP contribution is -2.33. The van der Waals surface area contributed by atoms with Crippen LogP contribution in [-0.2, 0) is 34.9 Å². The topological polar surface area (TPSA) is 213 Å². The first-order valence-corrected chi connectivity index (χ1v) is 16.2. The predicted molar refractivity (Wildman–Crippen MR) is 147 cm³/mol. The number of imidazole rings is 1. The van der Waals surface area contributed by atoms with Crippen molar-refractivity contribution >= 4 is 61.3 Å². The van der Waals surface area contributed by atoms with Crippen LogP contribution in [0.15, 0.2) is 29.7 Å². The summed E-state index contributed by atoms with van der Waals surface area (Å²) in [6.07, 6.45) is -5.70. The van der Waals surface area contributed by atoms with Gasteiger partial charge in [0, 0.05) is 20.9 Å². The zero-order valence-electron chi connectivity index (χ0n) is 21.2. The van der Waals surface area contributed by atoms with Crippen LogP contribution in [0.1, 0.15) is 12.5 Å². The van der Waals surface area contributed by atoms with E-state index in [1.54, 1.807) is 12.3 Å². The fraction of sp³-hybridized carbons (Fsp3) is 0.476. The molecular formula is C21H23F2N9O7P2S. The Hall–Kier alpha value is -2.73. The van der Waals surface area contributed by atoms with Crippen LogP contribution in [0.4, 0.5) is 20.5 Å². The van der Waals surface area contributed by atoms with E-state index in [-0.39, 0.29) is 35.7 Å². The minimum absolute atomic E-state index is 0.0135. The number of hydrogen-bond acceptors (Lipinski definition) is 13. The normalized spacial score (nSPS) is 36.3. The third kappa shape index (κ3) is 4.69. The Morgan fingerprint density at radius 2 is 1.98 bits per heavy atom. The van der Waals surface area contributed by atoms with Crippen LogP contribution < -0.4 is 17.0 Å². The summed E-state index contributed by atoms with van der Waals surface area (Å²) in [6.45, 7) is -4.52. The second-order valence-electron chi connectivity index (χ2n) is 9.81. The van der Waals surface area contributed by atoms with Crippen LogP contribution in [0.2, 0.25) is 0 Å². The summed E-state index contributed by atoms with van der Waals surface area (Å²) in [5.41, 5.74) is 11.3. The number of halogens is 2. The highest BCUT2D eigenvalue weighted by atomic mass is 32.5. The molecular weight excluding hydrogens is 622 g/mol. The van der Waals surface area contributed by atoms with Crippen LogP contribution in [0.3, 0.4) is 0 Å². The molecule has 3 aliphatic heterocycles. The number of rotatable bonds is 2. The van der Waals surface area contributed by atoms with Gasteiger partial charge in [0.15, 0.2) is 42.3 Å². The number of fused-ring (bicyclic) bond motifs is 5. The van der Waals surface area contributed by atoms with E-state index in [9.17, 15) is 9.69 Å². The molecule has 16 nitrogen and oxygen atoms in total. The number of nitrogens with one attached hydrogen (secondary N) is 1. The summed E-state index contributed by atoms with van der Waals surface area (Å²) < 4.78 is 63.2. The smallest absolute Gasteiger partial charge is 0.325 e. The van der Waals surface area contributed by atoms with Gasteiger partial charge < -0.3 is 39.4 Å². The first kappa shape index (κ1) is 28.1. The van der Waals surface area contributed by atoms with Crippen molar-refractivity contribution in [3.63, 3.8) is 0 Å². The first-order chi connectivity index (χ1) is 20.1. The van der Waals surface area contributed by atoms with Gasteiger partial charge in [0.05, 0.1) is 24.4 Å². The van der Waals surface area contributed by atoms with Crippen molar-refractivity contribution in [1.82, 2.24) is 34.1 Å². The number of anilines is 2. The maximum absolute atomic E-state index is 16.0. The lowest BCUT2D eigenvalue weighted by Gasteiger charge is -2.27. The molecule has 42 heavy (non-hydrogen) atoms. The lowest BCUT2D eigenvalue weighted by atomic mass is 10.0. The van der Waals surface area contributed by atoms with Crippen LogP contribution in [0.25, 0.3) is 22.2 Å². The highest BCUT2D eigenvalue weighted by Gasteiger charge is 2.52. The number of nitrogens with two attached hydrogens (primary N) is 2. The third-order valence-electron chi connectivity index (χ3n) is 7.32. The Balaban J connectivity index is 1.17. The van der Waals surface area contributed by atoms with Gasteiger partial charge in [-0.1, -0.05) is 0 Å². The number of ether oxygens (including phenoxy) is 2. The van der Waals surface area contributed by atoms with E-state index in [2.05, 4.69) is 24.9 Å². The van der Waals surface area contributed by atoms with Crippen LogP contribution in [0, 0.1) is 5.92 Å². The van der Waals surface area contributed by atoms with Crippen molar-refractivity contribution < 1.29 is 36.7 Å². The number of aromatic amines is 1. The Labute approximate surface area is 240 Å². The van der Waals surface area contributed by atoms with Crippen LogP contribution >= 0.6 is 15.5 Å². The molecule has 0 aromatic carbocycles. The highest BCUT2D eigenvalue weighted by molar-refractivity contribution is 8.07. The van der Waals surface area contributed by atoms with Crippen molar-refractivity contribution in [3.05, 3.63) is 35.3 Å². The van der Waals surface area contributed by atoms with Gasteiger partial charge >= 0.3 is 6.72 Å². The average molecular weight is 645 g/mol. The second kappa shape index (κ2) is 10.5. The van der Waals surface area contributed by atoms with Crippen molar-refractivity contribution in [2.75, 3.05) is 24.2 Å². The summed E-state index contributed by atoms with van der Waals surface area (Å²) in [6, 6.07) is 1.66. The Morgan fingerprint density at radius 1 is 1.14 bits per heavy atom. The van der Waals surface area contributed by atoms with Gasteiger partial charge in [-0.2, -0.15) is 4.98 Å². The number of H-pyrrole nitrogens is 1. The van der Waals surface area contributed by atoms with Gasteiger partial charge in [-0.25, -0.2) is 23.7 Å². The van der Waals surface area contributed by atoms with E-state index in [0.29, 0.717) is 11.0 Å². The summed E-state index contributed by atoms with van der Waals surface area (Å²) in [4.78, 5) is 41.7. The van der Waals surface area contributed by atoms with Crippen LogP contribution in [-0.4, -0.2) is 82.6 Å². The minimum Gasteiger partial charge on any atom is -0.383 e. The predicted octanol–water partition coefficient (Wildman–Crippen LogP) is 1.02. The van der Waals surface area contributed by atoms with Crippen molar-refractivity contribution in [3.8, 4) is 0 Å². The Kier molecular flexibility index (Phi) is 6.99. The van der Waals surface area contributed by atoms with Gasteiger partial charge in [0.1, 0.15) is 23.9 Å². The zero-order valence-corrected chi connectivity index (χ0v) is 23.9. The number of nitrogen functional groups attached to an aromatic ring is 2. The number of nitrogens with zero attached hydrogens (tertiary/aromatic N) is 6. The van der Waals surface area contributed by atoms with Crippen LogP contribution in [0.5, 0.6) is 0 Å². The Bertz CT molecular complexity index is 1780. The van der Waals surface area contributed by atoms with E-state index >= 15 is 8.78 Å². The van der Waals surface area contributed by atoms with Crippen molar-refractivity contribution in [2.24, 2.45) is 5.92 Å². The van der Waals surface area contributed by atoms with Gasteiger partial charge in [-0.3, -0.25) is 18.9 Å². The molecule has 10 atom stereocenters. The molecule has 0 amide bonds. The largest absolute Gasteiger partial charge is 0.383 e. The number of aromatic nitrogens is 7. The molecule has 0 spiro atoms. The molecule has 3 aliphatic rings. The molecule has 0 radical (unpaired) electrons. The number of alkyl halides is 2. The maximum atomic E-state index is 16.0. The van der Waals surface area contributed by atoms with Crippen molar-refractivity contribution in [2.45, 2.75) is 43.3 Å². The Morgan fingerprint density at radius 3 is 2.81 bits per heavy atom. The molecule has 4 aromatic heterocycles. The van der Waals surface area contributed by atoms with Gasteiger partial charge in [-0.15, -0.1) is 0 Å². The zero-order chi connectivity index (χ0) is 29.3. The minimum atomic E-state index is -4.17. The molecule has 3 fully saturated rings. The van der Waals surface area contributed by atoms with Gasteiger partial charge in [0.2, 0.25) is 5.95 Å². The molecule has 224 valence electrons. The standard InChI is InChI=1S/C21H23F2N9O7P2S/c22-10-8-4-40-38-20-11(23)13(19(37-20)32-6-28-12-16(32)29-21(25)30-17(12)33)39-41(34,42)35-3-9(8)36-18(10)31-2-1-7-14(24)26-5-27-15(7)31/h1-2,5-6,8-11,13,18-20,40H,3-4H2,(H,34,42)(H2,24,26,27)(H3,25,29,30,33)/t8-,9-,10+,11+,13-,18-,19-,20?,41?/m1/s1. The molecule has 0 saturated carbocycles. The monoisotopic (exact) mass is 645 g/mol. The molecule has 0 aliphatic carbocycles. The molecule has 7 heterocycles.